The van der Waals surface area contributed by atoms with Gasteiger partial charge >= 0.3 is 0 Å². The lowest BCUT2D eigenvalue weighted by atomic mass is 10.1. The van der Waals surface area contributed by atoms with Gasteiger partial charge in [0.05, 0.1) is 33.1 Å². The first kappa shape index (κ1) is 12.7. The highest BCUT2D eigenvalue weighted by atomic mass is 79.9. The molecule has 0 radical (unpaired) electrons. The predicted octanol–water partition coefficient (Wildman–Crippen LogP) is 2.65. The van der Waals surface area contributed by atoms with E-state index in [-0.39, 0.29) is 6.04 Å². The number of halogens is 1. The summed E-state index contributed by atoms with van der Waals surface area (Å²) in [6.45, 7) is 5.00. The molecule has 0 saturated carbocycles. The average molecular weight is 315 g/mol. The van der Waals surface area contributed by atoms with Gasteiger partial charge in [-0.05, 0) is 29.4 Å². The lowest BCUT2D eigenvalue weighted by Crippen LogP contribution is -2.25. The van der Waals surface area contributed by atoms with Crippen LogP contribution in [0.15, 0.2) is 16.0 Å². The molecule has 1 N–H and O–H groups in total. The van der Waals surface area contributed by atoms with Crippen molar-refractivity contribution in [2.75, 3.05) is 6.54 Å². The minimum Gasteiger partial charge on any atom is -0.304 e. The summed E-state index contributed by atoms with van der Waals surface area (Å²) < 4.78 is 2.89. The molecule has 0 spiro atoms. The number of nitrogens with one attached hydrogen (secondary N) is 1. The molecule has 0 aliphatic rings. The second-order valence-corrected chi connectivity index (χ2v) is 5.70. The minimum absolute atomic E-state index is 0.0897. The van der Waals surface area contributed by atoms with E-state index < -0.39 is 0 Å². The van der Waals surface area contributed by atoms with Gasteiger partial charge in [-0.25, -0.2) is 4.98 Å². The molecule has 17 heavy (non-hydrogen) atoms. The molecule has 6 heteroatoms. The van der Waals surface area contributed by atoms with E-state index in [9.17, 15) is 0 Å². The highest BCUT2D eigenvalue weighted by Crippen LogP contribution is 2.28. The first-order valence-corrected chi connectivity index (χ1v) is 7.13. The van der Waals surface area contributed by atoms with Crippen molar-refractivity contribution in [1.82, 2.24) is 20.1 Å². The van der Waals surface area contributed by atoms with Crippen LogP contribution in [0.25, 0.3) is 0 Å². The summed E-state index contributed by atoms with van der Waals surface area (Å²) in [6, 6.07) is 0.0897. The summed E-state index contributed by atoms with van der Waals surface area (Å²) in [5.74, 6) is 0. The maximum absolute atomic E-state index is 4.56. The summed E-state index contributed by atoms with van der Waals surface area (Å²) in [4.78, 5) is 4.56. The largest absolute Gasteiger partial charge is 0.304 e. The van der Waals surface area contributed by atoms with Crippen molar-refractivity contribution in [1.29, 1.82) is 0 Å². The number of thiazole rings is 1. The Balaban J connectivity index is 2.42. The zero-order chi connectivity index (χ0) is 12.4. The Morgan fingerprint density at radius 3 is 2.82 bits per heavy atom. The van der Waals surface area contributed by atoms with Crippen molar-refractivity contribution in [2.45, 2.75) is 19.9 Å². The normalized spacial score (nSPS) is 12.9. The van der Waals surface area contributed by atoms with Gasteiger partial charge in [0.2, 0.25) is 0 Å². The second kappa shape index (κ2) is 5.29. The summed E-state index contributed by atoms with van der Waals surface area (Å²) in [5.41, 5.74) is 2.16. The van der Waals surface area contributed by atoms with Crippen LogP contribution in [0.2, 0.25) is 0 Å². The van der Waals surface area contributed by atoms with Crippen molar-refractivity contribution >= 4 is 27.3 Å². The van der Waals surface area contributed by atoms with Gasteiger partial charge in [-0.15, -0.1) is 11.3 Å². The Kier molecular flexibility index (Phi) is 3.96. The number of hydrogen-bond donors (Lipinski definition) is 1. The molecule has 1 atom stereocenters. The van der Waals surface area contributed by atoms with Gasteiger partial charge < -0.3 is 5.32 Å². The van der Waals surface area contributed by atoms with Crippen molar-refractivity contribution in [3.63, 3.8) is 0 Å². The van der Waals surface area contributed by atoms with Gasteiger partial charge in [-0.2, -0.15) is 5.10 Å². The summed E-state index contributed by atoms with van der Waals surface area (Å²) >= 11 is 5.22. The van der Waals surface area contributed by atoms with Crippen molar-refractivity contribution in [3.8, 4) is 0 Å². The van der Waals surface area contributed by atoms with Crippen LogP contribution in [0.5, 0.6) is 0 Å². The van der Waals surface area contributed by atoms with E-state index in [0.29, 0.717) is 0 Å². The molecule has 4 nitrogen and oxygen atoms in total. The Labute approximate surface area is 113 Å². The van der Waals surface area contributed by atoms with Crippen LogP contribution >= 0.6 is 27.3 Å². The van der Waals surface area contributed by atoms with Gasteiger partial charge in [0.1, 0.15) is 0 Å². The highest BCUT2D eigenvalue weighted by Gasteiger charge is 2.21. The van der Waals surface area contributed by atoms with E-state index in [1.807, 2.05) is 24.9 Å². The van der Waals surface area contributed by atoms with Crippen LogP contribution in [0, 0.1) is 6.92 Å². The van der Waals surface area contributed by atoms with E-state index in [2.05, 4.69) is 43.6 Å². The van der Waals surface area contributed by atoms with Gasteiger partial charge in [0, 0.05) is 12.4 Å². The minimum atomic E-state index is 0.0897. The zero-order valence-electron chi connectivity index (χ0n) is 10.1. The van der Waals surface area contributed by atoms with Crippen molar-refractivity contribution in [3.05, 3.63) is 32.4 Å². The fraction of sp³-hybridized carbons (Fsp3) is 0.455. The van der Waals surface area contributed by atoms with Crippen LogP contribution < -0.4 is 5.32 Å². The lowest BCUT2D eigenvalue weighted by molar-refractivity contribution is 0.561. The van der Waals surface area contributed by atoms with Crippen LogP contribution in [0.4, 0.5) is 0 Å². The van der Waals surface area contributed by atoms with E-state index in [1.165, 1.54) is 0 Å². The Bertz CT molecular complexity index is 486. The monoisotopic (exact) mass is 314 g/mol. The third-order valence-corrected chi connectivity index (χ3v) is 3.95. The van der Waals surface area contributed by atoms with Crippen LogP contribution in [-0.4, -0.2) is 21.3 Å². The molecule has 0 amide bonds. The van der Waals surface area contributed by atoms with Gasteiger partial charge in [-0.3, -0.25) is 4.68 Å². The molecular weight excluding hydrogens is 300 g/mol. The van der Waals surface area contributed by atoms with E-state index in [4.69, 9.17) is 0 Å². The Morgan fingerprint density at radius 1 is 1.59 bits per heavy atom. The third-order valence-electron chi connectivity index (χ3n) is 2.55. The first-order chi connectivity index (χ1) is 8.13. The third kappa shape index (κ3) is 2.59. The number of aromatic nitrogens is 3. The van der Waals surface area contributed by atoms with E-state index >= 15 is 0 Å². The Hall–Kier alpha value is -0.720. The molecule has 0 saturated heterocycles. The first-order valence-electron chi connectivity index (χ1n) is 5.46. The number of aryl methyl sites for hydroxylation is 2. The van der Waals surface area contributed by atoms with E-state index in [1.54, 1.807) is 11.3 Å². The maximum Gasteiger partial charge on any atom is 0.0941 e. The number of hydrogen-bond acceptors (Lipinski definition) is 4. The molecule has 0 fully saturated rings. The quantitative estimate of drug-likeness (QED) is 0.943. The highest BCUT2D eigenvalue weighted by molar-refractivity contribution is 9.10. The standard InChI is InChI=1S/C11H15BrN4S/c1-4-13-10(9-6-17-7(2)15-9)11-8(12)5-14-16(11)3/h5-6,10,13H,4H2,1-3H3. The molecule has 0 aliphatic carbocycles. The van der Waals surface area contributed by atoms with Crippen LogP contribution in [0.3, 0.4) is 0 Å². The molecule has 2 aromatic heterocycles. The SMILES string of the molecule is CCNC(c1csc(C)n1)c1c(Br)cnn1C. The fourth-order valence-corrected chi connectivity index (χ4v) is 3.02. The molecule has 1 unspecified atom stereocenters. The molecular formula is C11H15BrN4S. The van der Waals surface area contributed by atoms with E-state index in [0.717, 1.165) is 27.4 Å². The number of nitrogens with zero attached hydrogens (tertiary/aromatic N) is 3. The molecule has 92 valence electrons. The zero-order valence-corrected chi connectivity index (χ0v) is 12.5. The lowest BCUT2D eigenvalue weighted by Gasteiger charge is -2.16. The predicted molar refractivity (Wildman–Crippen MR) is 73.3 cm³/mol. The Morgan fingerprint density at radius 2 is 2.35 bits per heavy atom. The molecule has 2 rings (SSSR count). The summed E-state index contributed by atoms with van der Waals surface area (Å²) in [5, 5.41) is 10.9. The fourth-order valence-electron chi connectivity index (χ4n) is 1.80. The molecule has 2 heterocycles. The van der Waals surface area contributed by atoms with Gasteiger partial charge in [0.15, 0.2) is 0 Å². The topological polar surface area (TPSA) is 42.7 Å². The van der Waals surface area contributed by atoms with Crippen LogP contribution in [-0.2, 0) is 7.05 Å². The molecule has 0 bridgehead atoms. The van der Waals surface area contributed by atoms with Crippen molar-refractivity contribution in [2.24, 2.45) is 7.05 Å². The molecule has 2 aromatic rings. The van der Waals surface area contributed by atoms with Crippen molar-refractivity contribution < 1.29 is 0 Å². The molecule has 0 aromatic carbocycles. The summed E-state index contributed by atoms with van der Waals surface area (Å²) in [7, 11) is 1.95. The molecule has 0 aliphatic heterocycles. The van der Waals surface area contributed by atoms with Gasteiger partial charge in [0.25, 0.3) is 0 Å². The smallest absolute Gasteiger partial charge is 0.0941 e. The maximum atomic E-state index is 4.56. The van der Waals surface area contributed by atoms with Crippen LogP contribution in [0.1, 0.15) is 29.4 Å². The second-order valence-electron chi connectivity index (χ2n) is 3.78. The van der Waals surface area contributed by atoms with Gasteiger partial charge in [-0.1, -0.05) is 6.92 Å². The number of rotatable bonds is 4. The average Bonchev–Trinajstić information content (AvgIpc) is 2.84. The summed E-state index contributed by atoms with van der Waals surface area (Å²) in [6.07, 6.45) is 1.82.